The molecule has 0 aromatic heterocycles. The summed E-state index contributed by atoms with van der Waals surface area (Å²) in [6, 6.07) is 13.9. The molecule has 0 saturated heterocycles. The van der Waals surface area contributed by atoms with Crippen molar-refractivity contribution in [2.75, 3.05) is 11.6 Å². The van der Waals surface area contributed by atoms with E-state index in [-0.39, 0.29) is 0 Å². The fraction of sp³-hybridized carbons (Fsp3) is 0.294. The summed E-state index contributed by atoms with van der Waals surface area (Å²) >= 11 is 1.79. The first-order valence-corrected chi connectivity index (χ1v) is 7.90. The fourth-order valence-electron chi connectivity index (χ4n) is 2.91. The van der Waals surface area contributed by atoms with Crippen molar-refractivity contribution in [3.8, 4) is 0 Å². The molecule has 0 fully saturated rings. The Hall–Kier alpha value is -1.41. The third-order valence-electron chi connectivity index (χ3n) is 3.82. The largest absolute Gasteiger partial charge is 0.377 e. The Labute approximate surface area is 119 Å². The van der Waals surface area contributed by atoms with E-state index in [9.17, 15) is 0 Å². The summed E-state index contributed by atoms with van der Waals surface area (Å²) in [5, 5.41) is 3.68. The van der Waals surface area contributed by atoms with Crippen molar-refractivity contribution >= 4 is 17.4 Å². The van der Waals surface area contributed by atoms with Crippen molar-refractivity contribution in [3.05, 3.63) is 58.7 Å². The maximum atomic E-state index is 3.68. The Morgan fingerprint density at radius 3 is 2.53 bits per heavy atom. The number of rotatable bonds is 2. The van der Waals surface area contributed by atoms with Crippen molar-refractivity contribution in [1.82, 2.24) is 0 Å². The highest BCUT2D eigenvalue weighted by atomic mass is 32.2. The highest BCUT2D eigenvalue weighted by molar-refractivity contribution is 7.98. The Balaban J connectivity index is 1.88. The van der Waals surface area contributed by atoms with Gasteiger partial charge in [0.15, 0.2) is 0 Å². The molecule has 1 unspecified atom stereocenters. The van der Waals surface area contributed by atoms with Gasteiger partial charge in [0, 0.05) is 10.6 Å². The van der Waals surface area contributed by atoms with Gasteiger partial charge in [0.25, 0.3) is 0 Å². The molecule has 1 aliphatic rings. The lowest BCUT2D eigenvalue weighted by atomic mass is 10.0. The lowest BCUT2D eigenvalue weighted by Gasteiger charge is -2.13. The van der Waals surface area contributed by atoms with E-state index >= 15 is 0 Å². The highest BCUT2D eigenvalue weighted by Gasteiger charge is 2.23. The predicted molar refractivity (Wildman–Crippen MR) is 84.2 cm³/mol. The summed E-state index contributed by atoms with van der Waals surface area (Å²) in [5.41, 5.74) is 6.89. The zero-order chi connectivity index (χ0) is 13.4. The van der Waals surface area contributed by atoms with E-state index in [1.165, 1.54) is 32.8 Å². The number of fused-ring (bicyclic) bond motifs is 1. The molecule has 1 N–H and O–H groups in total. The Morgan fingerprint density at radius 1 is 1.11 bits per heavy atom. The number of thioether (sulfide) groups is 1. The maximum Gasteiger partial charge on any atom is 0.0555 e. The molecule has 1 atom stereocenters. The average Bonchev–Trinajstić information content (AvgIpc) is 2.83. The fourth-order valence-corrected chi connectivity index (χ4v) is 3.31. The lowest BCUT2D eigenvalue weighted by Crippen LogP contribution is -2.05. The van der Waals surface area contributed by atoms with Crippen molar-refractivity contribution in [2.45, 2.75) is 31.2 Å². The molecular formula is C17H19NS. The summed E-state index contributed by atoms with van der Waals surface area (Å²) in [6.45, 7) is 4.37. The van der Waals surface area contributed by atoms with Gasteiger partial charge in [-0.25, -0.2) is 0 Å². The van der Waals surface area contributed by atoms with E-state index < -0.39 is 0 Å². The smallest absolute Gasteiger partial charge is 0.0555 e. The molecule has 0 amide bonds. The molecule has 0 aliphatic carbocycles. The van der Waals surface area contributed by atoms with Gasteiger partial charge in [0.05, 0.1) is 6.04 Å². The first kappa shape index (κ1) is 12.6. The van der Waals surface area contributed by atoms with E-state index in [0.29, 0.717) is 6.04 Å². The van der Waals surface area contributed by atoms with Gasteiger partial charge in [0.2, 0.25) is 0 Å². The van der Waals surface area contributed by atoms with Gasteiger partial charge in [0.1, 0.15) is 0 Å². The number of nitrogens with one attached hydrogen (secondary N) is 1. The summed E-state index contributed by atoms with van der Waals surface area (Å²) in [7, 11) is 0. The van der Waals surface area contributed by atoms with Crippen LogP contribution in [0.5, 0.6) is 0 Å². The van der Waals surface area contributed by atoms with Crippen LogP contribution in [0.2, 0.25) is 0 Å². The molecule has 0 radical (unpaired) electrons. The molecule has 0 bridgehead atoms. The summed E-state index contributed by atoms with van der Waals surface area (Å²) in [5.74, 6) is 0. The van der Waals surface area contributed by atoms with Gasteiger partial charge in [-0.3, -0.25) is 0 Å². The molecule has 0 saturated carbocycles. The van der Waals surface area contributed by atoms with Gasteiger partial charge in [-0.05, 0) is 55.3 Å². The quantitative estimate of drug-likeness (QED) is 0.791. The van der Waals surface area contributed by atoms with E-state index in [0.717, 1.165) is 6.42 Å². The van der Waals surface area contributed by atoms with Gasteiger partial charge in [-0.15, -0.1) is 11.8 Å². The molecule has 2 aromatic rings. The number of hydrogen-bond donors (Lipinski definition) is 1. The van der Waals surface area contributed by atoms with Crippen molar-refractivity contribution in [3.63, 3.8) is 0 Å². The van der Waals surface area contributed by atoms with E-state index in [2.05, 4.69) is 61.8 Å². The Bertz CT molecular complexity index is 601. The minimum Gasteiger partial charge on any atom is -0.377 e. The Morgan fingerprint density at radius 2 is 1.84 bits per heavy atom. The normalized spacial score (nSPS) is 17.1. The second-order valence-corrected chi connectivity index (χ2v) is 6.17. The minimum atomic E-state index is 0.423. The van der Waals surface area contributed by atoms with Crippen LogP contribution in [0.4, 0.5) is 5.69 Å². The molecule has 19 heavy (non-hydrogen) atoms. The van der Waals surface area contributed by atoms with Crippen LogP contribution in [0.1, 0.15) is 28.3 Å². The Kier molecular flexibility index (Phi) is 3.28. The SMILES string of the molecule is CSc1ccc(C2Cc3cc(C)cc(C)c3N2)cc1. The van der Waals surface area contributed by atoms with Crippen LogP contribution in [0, 0.1) is 13.8 Å². The summed E-state index contributed by atoms with van der Waals surface area (Å²) in [4.78, 5) is 1.33. The van der Waals surface area contributed by atoms with E-state index in [1.807, 2.05) is 0 Å². The summed E-state index contributed by atoms with van der Waals surface area (Å²) in [6.07, 6.45) is 3.21. The lowest BCUT2D eigenvalue weighted by molar-refractivity contribution is 0.822. The number of benzene rings is 2. The van der Waals surface area contributed by atoms with Crippen molar-refractivity contribution in [2.24, 2.45) is 0 Å². The second-order valence-electron chi connectivity index (χ2n) is 5.29. The van der Waals surface area contributed by atoms with Crippen LogP contribution < -0.4 is 5.32 Å². The zero-order valence-electron chi connectivity index (χ0n) is 11.7. The third-order valence-corrected chi connectivity index (χ3v) is 4.57. The molecular weight excluding hydrogens is 250 g/mol. The standard InChI is InChI=1S/C17H19NS/c1-11-8-12(2)17-14(9-11)10-16(18-17)13-4-6-15(19-3)7-5-13/h4-9,16,18H,10H2,1-3H3. The minimum absolute atomic E-state index is 0.423. The van der Waals surface area contributed by atoms with E-state index in [1.54, 1.807) is 11.8 Å². The molecule has 1 aliphatic heterocycles. The van der Waals surface area contributed by atoms with Crippen LogP contribution in [-0.4, -0.2) is 6.26 Å². The van der Waals surface area contributed by atoms with Gasteiger partial charge in [-0.1, -0.05) is 29.8 Å². The molecule has 1 heterocycles. The zero-order valence-corrected chi connectivity index (χ0v) is 12.5. The maximum absolute atomic E-state index is 3.68. The van der Waals surface area contributed by atoms with Crippen LogP contribution in [0.3, 0.4) is 0 Å². The molecule has 3 rings (SSSR count). The van der Waals surface area contributed by atoms with Crippen LogP contribution in [-0.2, 0) is 6.42 Å². The molecule has 98 valence electrons. The van der Waals surface area contributed by atoms with Gasteiger partial charge >= 0.3 is 0 Å². The first-order chi connectivity index (χ1) is 9.17. The highest BCUT2D eigenvalue weighted by Crippen LogP contribution is 2.37. The van der Waals surface area contributed by atoms with Crippen molar-refractivity contribution in [1.29, 1.82) is 0 Å². The van der Waals surface area contributed by atoms with Gasteiger partial charge in [-0.2, -0.15) is 0 Å². The number of anilines is 1. The molecule has 0 spiro atoms. The first-order valence-electron chi connectivity index (χ1n) is 6.68. The number of hydrogen-bond acceptors (Lipinski definition) is 2. The van der Waals surface area contributed by atoms with Crippen LogP contribution >= 0.6 is 11.8 Å². The molecule has 1 nitrogen and oxygen atoms in total. The predicted octanol–water partition coefficient (Wildman–Crippen LogP) is 4.73. The number of aryl methyl sites for hydroxylation is 2. The average molecular weight is 269 g/mol. The monoisotopic (exact) mass is 269 g/mol. The molecule has 2 aromatic carbocycles. The third kappa shape index (κ3) is 2.37. The van der Waals surface area contributed by atoms with Gasteiger partial charge < -0.3 is 5.32 Å². The summed E-state index contributed by atoms with van der Waals surface area (Å²) < 4.78 is 0. The van der Waals surface area contributed by atoms with Crippen LogP contribution in [0.15, 0.2) is 41.3 Å². The second kappa shape index (κ2) is 4.93. The van der Waals surface area contributed by atoms with E-state index in [4.69, 9.17) is 0 Å². The molecule has 2 heteroatoms. The van der Waals surface area contributed by atoms with Crippen molar-refractivity contribution < 1.29 is 0 Å². The topological polar surface area (TPSA) is 12.0 Å². The van der Waals surface area contributed by atoms with Crippen LogP contribution in [0.25, 0.3) is 0 Å².